The van der Waals surface area contributed by atoms with E-state index in [-0.39, 0.29) is 18.2 Å². The molecule has 18 heavy (non-hydrogen) atoms. The van der Waals surface area contributed by atoms with Crippen molar-refractivity contribution in [1.82, 2.24) is 10.3 Å². The number of aromatic nitrogens is 1. The Bertz CT molecular complexity index is 499. The van der Waals surface area contributed by atoms with Crippen molar-refractivity contribution in [3.05, 3.63) is 26.9 Å². The Morgan fingerprint density at radius 1 is 1.44 bits per heavy atom. The number of carbonyl (C=O) groups excluding carboxylic acids is 2. The lowest BCUT2D eigenvalue weighted by atomic mass is 9.96. The van der Waals surface area contributed by atoms with Gasteiger partial charge < -0.3 is 15.0 Å². The highest BCUT2D eigenvalue weighted by molar-refractivity contribution is 9.13. The summed E-state index contributed by atoms with van der Waals surface area (Å²) in [5, 5.41) is 2.56. The summed E-state index contributed by atoms with van der Waals surface area (Å²) in [6, 6.07) is 0. The normalized spacial score (nSPS) is 19.4. The van der Waals surface area contributed by atoms with Crippen LogP contribution in [0.3, 0.4) is 0 Å². The third-order valence-corrected chi connectivity index (χ3v) is 4.59. The van der Waals surface area contributed by atoms with Crippen LogP contribution >= 0.6 is 31.9 Å². The maximum atomic E-state index is 12.0. The number of ketones is 1. The first-order chi connectivity index (χ1) is 8.56. The van der Waals surface area contributed by atoms with Gasteiger partial charge in [-0.3, -0.25) is 9.59 Å². The molecule has 1 unspecified atom stereocenters. The molecular formula is C11H11Br2N2O3. The Kier molecular flexibility index (Phi) is 4.24. The van der Waals surface area contributed by atoms with Gasteiger partial charge in [0.2, 0.25) is 0 Å². The standard InChI is InChI=1S/C11H11Br2N2O3/c1-2-18-4-5-6(16)3-14-11(17)9-7(5)8(12)10(13)15-9/h4-5,15H,2-3H2,1H3,(H,14,17). The Morgan fingerprint density at radius 2 is 2.17 bits per heavy atom. The summed E-state index contributed by atoms with van der Waals surface area (Å²) in [7, 11) is 0. The van der Waals surface area contributed by atoms with Crippen LogP contribution < -0.4 is 5.32 Å². The molecule has 1 atom stereocenters. The molecule has 0 spiro atoms. The van der Waals surface area contributed by atoms with E-state index in [9.17, 15) is 9.59 Å². The average Bonchev–Trinajstić information content (AvgIpc) is 2.58. The van der Waals surface area contributed by atoms with Crippen LogP contribution in [-0.2, 0) is 9.53 Å². The van der Waals surface area contributed by atoms with E-state index < -0.39 is 5.92 Å². The first-order valence-electron chi connectivity index (χ1n) is 5.39. The van der Waals surface area contributed by atoms with E-state index in [4.69, 9.17) is 4.74 Å². The van der Waals surface area contributed by atoms with Gasteiger partial charge in [0.15, 0.2) is 5.78 Å². The zero-order valence-corrected chi connectivity index (χ0v) is 12.7. The molecule has 2 rings (SSSR count). The van der Waals surface area contributed by atoms with E-state index in [2.05, 4.69) is 42.2 Å². The molecule has 1 aromatic heterocycles. The molecule has 0 aromatic carbocycles. The first kappa shape index (κ1) is 13.8. The summed E-state index contributed by atoms with van der Waals surface area (Å²) in [5.41, 5.74) is 0.982. The van der Waals surface area contributed by atoms with E-state index in [0.29, 0.717) is 26.9 Å². The monoisotopic (exact) mass is 377 g/mol. The highest BCUT2D eigenvalue weighted by Crippen LogP contribution is 2.37. The van der Waals surface area contributed by atoms with Crippen LogP contribution in [0.2, 0.25) is 0 Å². The largest absolute Gasteiger partial charge is 0.375 e. The summed E-state index contributed by atoms with van der Waals surface area (Å²) in [6.07, 6.45) is 0. The van der Waals surface area contributed by atoms with Gasteiger partial charge in [-0.2, -0.15) is 0 Å². The predicted octanol–water partition coefficient (Wildman–Crippen LogP) is 2.13. The molecule has 0 fully saturated rings. The highest BCUT2D eigenvalue weighted by Gasteiger charge is 2.34. The van der Waals surface area contributed by atoms with E-state index >= 15 is 0 Å². The van der Waals surface area contributed by atoms with Crippen molar-refractivity contribution in [3.8, 4) is 0 Å². The molecule has 97 valence electrons. The third-order valence-electron chi connectivity index (χ3n) is 2.64. The van der Waals surface area contributed by atoms with Crippen molar-refractivity contribution < 1.29 is 14.3 Å². The van der Waals surface area contributed by atoms with Crippen molar-refractivity contribution in [2.45, 2.75) is 12.8 Å². The molecular weight excluding hydrogens is 368 g/mol. The average molecular weight is 379 g/mol. The number of rotatable bonds is 3. The minimum atomic E-state index is -0.559. The van der Waals surface area contributed by atoms with E-state index in [1.165, 1.54) is 6.61 Å². The maximum Gasteiger partial charge on any atom is 0.268 e. The van der Waals surface area contributed by atoms with Gasteiger partial charge in [0, 0.05) is 12.2 Å². The number of Topliss-reactive ketones (excluding diaryl/α,β-unsaturated/α-hetero) is 1. The molecule has 7 heteroatoms. The number of nitrogens with one attached hydrogen (secondary N) is 2. The number of hydrogen-bond donors (Lipinski definition) is 2. The molecule has 5 nitrogen and oxygen atoms in total. The number of fused-ring (bicyclic) bond motifs is 1. The lowest BCUT2D eigenvalue weighted by Gasteiger charge is -2.12. The zero-order valence-electron chi connectivity index (χ0n) is 9.55. The molecule has 1 amide bonds. The minimum absolute atomic E-state index is 0.000344. The second-order valence-electron chi connectivity index (χ2n) is 3.76. The van der Waals surface area contributed by atoms with Crippen LogP contribution in [0.1, 0.15) is 28.9 Å². The van der Waals surface area contributed by atoms with E-state index in [1.807, 2.05) is 6.92 Å². The number of hydrogen-bond acceptors (Lipinski definition) is 3. The van der Waals surface area contributed by atoms with Gasteiger partial charge in [0.05, 0.1) is 28.1 Å². The molecule has 2 N–H and O–H groups in total. The number of H-pyrrole nitrogens is 1. The lowest BCUT2D eigenvalue weighted by molar-refractivity contribution is -0.119. The van der Waals surface area contributed by atoms with Crippen LogP contribution in [-0.4, -0.2) is 29.8 Å². The van der Waals surface area contributed by atoms with Crippen LogP contribution in [0.25, 0.3) is 0 Å². The fourth-order valence-electron chi connectivity index (χ4n) is 1.79. The molecule has 1 aliphatic heterocycles. The van der Waals surface area contributed by atoms with Crippen molar-refractivity contribution in [3.63, 3.8) is 0 Å². The van der Waals surface area contributed by atoms with Crippen LogP contribution in [0, 0.1) is 6.61 Å². The van der Waals surface area contributed by atoms with Crippen LogP contribution in [0.4, 0.5) is 0 Å². The SMILES string of the molecule is CCO[CH]C1C(=O)CNC(=O)c2[nH]c(Br)c(Br)c21. The van der Waals surface area contributed by atoms with Gasteiger partial charge in [-0.25, -0.2) is 0 Å². The summed E-state index contributed by atoms with van der Waals surface area (Å²) in [6.45, 7) is 3.79. The summed E-state index contributed by atoms with van der Waals surface area (Å²) >= 11 is 6.67. The number of halogens is 2. The van der Waals surface area contributed by atoms with Crippen molar-refractivity contribution >= 4 is 43.6 Å². The molecule has 0 aliphatic carbocycles. The number of carbonyl (C=O) groups is 2. The van der Waals surface area contributed by atoms with E-state index in [0.717, 1.165) is 0 Å². The zero-order chi connectivity index (χ0) is 13.3. The molecule has 1 aromatic rings. The summed E-state index contributed by atoms with van der Waals surface area (Å²) in [4.78, 5) is 26.8. The number of aromatic amines is 1. The predicted molar refractivity (Wildman–Crippen MR) is 72.2 cm³/mol. The quantitative estimate of drug-likeness (QED) is 0.846. The van der Waals surface area contributed by atoms with Crippen LogP contribution in [0.15, 0.2) is 9.08 Å². The molecule has 1 radical (unpaired) electrons. The van der Waals surface area contributed by atoms with Crippen molar-refractivity contribution in [1.29, 1.82) is 0 Å². The van der Waals surface area contributed by atoms with Crippen molar-refractivity contribution in [2.24, 2.45) is 0 Å². The molecule has 2 heterocycles. The van der Waals surface area contributed by atoms with Gasteiger partial charge in [-0.1, -0.05) is 0 Å². The third kappa shape index (κ3) is 2.39. The Labute approximate surface area is 121 Å². The van der Waals surface area contributed by atoms with Gasteiger partial charge in [-0.05, 0) is 38.8 Å². The lowest BCUT2D eigenvalue weighted by Crippen LogP contribution is -2.28. The minimum Gasteiger partial charge on any atom is -0.375 e. The molecule has 0 saturated carbocycles. The van der Waals surface area contributed by atoms with Gasteiger partial charge in [0.25, 0.3) is 5.91 Å². The van der Waals surface area contributed by atoms with Crippen molar-refractivity contribution in [2.75, 3.05) is 13.2 Å². The summed E-state index contributed by atoms with van der Waals surface area (Å²) < 4.78 is 6.52. The topological polar surface area (TPSA) is 71.2 Å². The van der Waals surface area contributed by atoms with Gasteiger partial charge >= 0.3 is 0 Å². The Morgan fingerprint density at radius 3 is 2.83 bits per heavy atom. The molecule has 1 aliphatic rings. The highest BCUT2D eigenvalue weighted by atomic mass is 79.9. The van der Waals surface area contributed by atoms with E-state index in [1.54, 1.807) is 0 Å². The number of ether oxygens (including phenoxy) is 1. The number of amides is 1. The molecule has 0 bridgehead atoms. The van der Waals surface area contributed by atoms with Crippen LogP contribution in [0.5, 0.6) is 0 Å². The van der Waals surface area contributed by atoms with Gasteiger partial charge in [-0.15, -0.1) is 0 Å². The molecule has 0 saturated heterocycles. The fourth-order valence-corrected chi connectivity index (χ4v) is 2.75. The summed E-state index contributed by atoms with van der Waals surface area (Å²) in [5.74, 6) is -0.962. The second kappa shape index (κ2) is 5.54. The fraction of sp³-hybridized carbons (Fsp3) is 0.364. The Hall–Kier alpha value is -0.660. The maximum absolute atomic E-state index is 12.0. The Balaban J connectivity index is 2.48. The smallest absolute Gasteiger partial charge is 0.268 e. The van der Waals surface area contributed by atoms with Gasteiger partial charge in [0.1, 0.15) is 5.69 Å². The first-order valence-corrected chi connectivity index (χ1v) is 6.97. The second-order valence-corrected chi connectivity index (χ2v) is 5.35.